The molecular formula is C14H15NO2S. The summed E-state index contributed by atoms with van der Waals surface area (Å²) < 4.78 is 0. The third-order valence-corrected chi connectivity index (χ3v) is 4.00. The molecule has 1 heterocycles. The quantitative estimate of drug-likeness (QED) is 0.664. The molecule has 0 amide bonds. The van der Waals surface area contributed by atoms with Crippen molar-refractivity contribution in [3.8, 4) is 0 Å². The molecule has 3 nitrogen and oxygen atoms in total. The third kappa shape index (κ3) is 2.89. The number of aliphatic hydroxyl groups excluding tert-OH is 1. The summed E-state index contributed by atoms with van der Waals surface area (Å²) in [5.41, 5.74) is 1.51. The van der Waals surface area contributed by atoms with Crippen molar-refractivity contribution in [3.63, 3.8) is 0 Å². The molecule has 0 radical (unpaired) electrons. The number of fused-ring (bicyclic) bond motifs is 1. The first kappa shape index (κ1) is 13.1. The van der Waals surface area contributed by atoms with Crippen molar-refractivity contribution in [2.75, 3.05) is 12.4 Å². The van der Waals surface area contributed by atoms with E-state index in [1.807, 2.05) is 37.3 Å². The van der Waals surface area contributed by atoms with Crippen LogP contribution in [0.5, 0.6) is 0 Å². The fourth-order valence-corrected chi connectivity index (χ4v) is 2.57. The Morgan fingerprint density at radius 2 is 2.22 bits per heavy atom. The summed E-state index contributed by atoms with van der Waals surface area (Å²) in [6.07, 6.45) is 0.839. The van der Waals surface area contributed by atoms with Gasteiger partial charge in [-0.1, -0.05) is 25.1 Å². The number of hydrogen-bond acceptors (Lipinski definition) is 4. The molecule has 0 spiro atoms. The molecule has 1 atom stereocenters. The van der Waals surface area contributed by atoms with Gasteiger partial charge in [0.1, 0.15) is 5.03 Å². The molecule has 0 aliphatic heterocycles. The van der Waals surface area contributed by atoms with Crippen LogP contribution in [-0.2, 0) is 0 Å². The number of aromatic nitrogens is 1. The summed E-state index contributed by atoms with van der Waals surface area (Å²) >= 11 is 1.52. The fourth-order valence-electron chi connectivity index (χ4n) is 1.59. The molecule has 0 bridgehead atoms. The van der Waals surface area contributed by atoms with E-state index in [0.29, 0.717) is 5.56 Å². The number of para-hydroxylation sites is 1. The van der Waals surface area contributed by atoms with Crippen molar-refractivity contribution in [1.82, 2.24) is 4.98 Å². The highest BCUT2D eigenvalue weighted by Gasteiger charge is 2.09. The monoisotopic (exact) mass is 261 g/mol. The molecule has 4 heteroatoms. The normalized spacial score (nSPS) is 12.6. The maximum atomic E-state index is 11.1. The first-order chi connectivity index (χ1) is 8.74. The van der Waals surface area contributed by atoms with Crippen LogP contribution < -0.4 is 0 Å². The van der Waals surface area contributed by atoms with E-state index >= 15 is 0 Å². The molecule has 94 valence electrons. The fraction of sp³-hybridized carbons (Fsp3) is 0.286. The summed E-state index contributed by atoms with van der Waals surface area (Å²) in [5, 5.41) is 10.7. The van der Waals surface area contributed by atoms with Crippen molar-refractivity contribution in [2.45, 2.75) is 11.9 Å². The number of pyridine rings is 1. The highest BCUT2D eigenvalue weighted by atomic mass is 32.2. The smallest absolute Gasteiger partial charge is 0.152 e. The van der Waals surface area contributed by atoms with Crippen molar-refractivity contribution < 1.29 is 9.90 Å². The molecule has 1 N–H and O–H groups in total. The number of aldehydes is 1. The van der Waals surface area contributed by atoms with Gasteiger partial charge in [0.15, 0.2) is 6.29 Å². The average Bonchev–Trinajstić information content (AvgIpc) is 2.43. The maximum Gasteiger partial charge on any atom is 0.152 e. The van der Waals surface area contributed by atoms with Gasteiger partial charge in [-0.15, -0.1) is 11.8 Å². The summed E-state index contributed by atoms with van der Waals surface area (Å²) in [4.78, 5) is 15.6. The van der Waals surface area contributed by atoms with E-state index in [1.165, 1.54) is 11.8 Å². The lowest BCUT2D eigenvalue weighted by molar-refractivity contribution is 0.112. The van der Waals surface area contributed by atoms with Gasteiger partial charge in [-0.2, -0.15) is 0 Å². The summed E-state index contributed by atoms with van der Waals surface area (Å²) in [6, 6.07) is 9.60. The molecule has 18 heavy (non-hydrogen) atoms. The van der Waals surface area contributed by atoms with Crippen LogP contribution in [0.2, 0.25) is 0 Å². The second-order valence-electron chi connectivity index (χ2n) is 4.29. The highest BCUT2D eigenvalue weighted by Crippen LogP contribution is 2.25. The van der Waals surface area contributed by atoms with E-state index < -0.39 is 0 Å². The minimum atomic E-state index is 0.150. The van der Waals surface area contributed by atoms with Crippen molar-refractivity contribution in [2.24, 2.45) is 5.92 Å². The number of aliphatic hydroxyl groups is 1. The van der Waals surface area contributed by atoms with Crippen LogP contribution in [-0.4, -0.2) is 28.7 Å². The van der Waals surface area contributed by atoms with Gasteiger partial charge in [0, 0.05) is 23.3 Å². The highest BCUT2D eigenvalue weighted by molar-refractivity contribution is 7.99. The lowest BCUT2D eigenvalue weighted by Crippen LogP contribution is -2.04. The van der Waals surface area contributed by atoms with E-state index in [-0.39, 0.29) is 12.5 Å². The topological polar surface area (TPSA) is 50.2 Å². The second-order valence-corrected chi connectivity index (χ2v) is 5.30. The minimum Gasteiger partial charge on any atom is -0.396 e. The van der Waals surface area contributed by atoms with Gasteiger partial charge in [0.05, 0.1) is 5.52 Å². The van der Waals surface area contributed by atoms with Crippen molar-refractivity contribution in [1.29, 1.82) is 0 Å². The van der Waals surface area contributed by atoms with Crippen LogP contribution in [0, 0.1) is 5.92 Å². The van der Waals surface area contributed by atoms with Crippen LogP contribution >= 0.6 is 11.8 Å². The second kappa shape index (κ2) is 5.98. The number of nitrogens with zero attached hydrogens (tertiary/aromatic N) is 1. The van der Waals surface area contributed by atoms with Crippen LogP contribution in [0.1, 0.15) is 17.3 Å². The van der Waals surface area contributed by atoms with E-state index in [0.717, 1.165) is 28.0 Å². The molecule has 0 saturated heterocycles. The SMILES string of the molecule is CC(CO)CSc1nc2ccccc2cc1C=O. The standard InChI is InChI=1S/C14H15NO2S/c1-10(7-16)9-18-14-12(8-17)6-11-4-2-3-5-13(11)15-14/h2-6,8,10,16H,7,9H2,1H3. The Morgan fingerprint density at radius 3 is 2.94 bits per heavy atom. The van der Waals surface area contributed by atoms with Crippen LogP contribution in [0.3, 0.4) is 0 Å². The summed E-state index contributed by atoms with van der Waals surface area (Å²) in [7, 11) is 0. The molecule has 2 rings (SSSR count). The van der Waals surface area contributed by atoms with Gasteiger partial charge in [-0.3, -0.25) is 4.79 Å². The summed E-state index contributed by atoms with van der Waals surface area (Å²) in [5.74, 6) is 0.950. The first-order valence-electron chi connectivity index (χ1n) is 5.83. The molecule has 1 aromatic heterocycles. The largest absolute Gasteiger partial charge is 0.396 e. The average molecular weight is 261 g/mol. The Hall–Kier alpha value is -1.39. The minimum absolute atomic E-state index is 0.150. The molecule has 0 fully saturated rings. The van der Waals surface area contributed by atoms with E-state index in [4.69, 9.17) is 5.11 Å². The van der Waals surface area contributed by atoms with E-state index in [9.17, 15) is 4.79 Å². The number of carbonyl (C=O) groups excluding carboxylic acids is 1. The van der Waals surface area contributed by atoms with Crippen LogP contribution in [0.15, 0.2) is 35.4 Å². The lowest BCUT2D eigenvalue weighted by atomic mass is 10.2. The zero-order valence-corrected chi connectivity index (χ0v) is 11.0. The number of carbonyl (C=O) groups is 1. The van der Waals surface area contributed by atoms with E-state index in [1.54, 1.807) is 0 Å². The Bertz CT molecular complexity index is 556. The predicted molar refractivity (Wildman–Crippen MR) is 74.1 cm³/mol. The van der Waals surface area contributed by atoms with E-state index in [2.05, 4.69) is 4.98 Å². The van der Waals surface area contributed by atoms with Gasteiger partial charge in [0.25, 0.3) is 0 Å². The Morgan fingerprint density at radius 1 is 1.44 bits per heavy atom. The van der Waals surface area contributed by atoms with Crippen molar-refractivity contribution in [3.05, 3.63) is 35.9 Å². The molecular weight excluding hydrogens is 246 g/mol. The van der Waals surface area contributed by atoms with Gasteiger partial charge >= 0.3 is 0 Å². The van der Waals surface area contributed by atoms with Gasteiger partial charge in [-0.05, 0) is 18.1 Å². The molecule has 2 aromatic rings. The Kier molecular flexibility index (Phi) is 4.33. The lowest BCUT2D eigenvalue weighted by Gasteiger charge is -2.09. The van der Waals surface area contributed by atoms with Gasteiger partial charge in [-0.25, -0.2) is 4.98 Å². The number of thioether (sulfide) groups is 1. The first-order valence-corrected chi connectivity index (χ1v) is 6.81. The maximum absolute atomic E-state index is 11.1. The van der Waals surface area contributed by atoms with Crippen LogP contribution in [0.25, 0.3) is 10.9 Å². The van der Waals surface area contributed by atoms with Gasteiger partial charge < -0.3 is 5.11 Å². The zero-order valence-electron chi connectivity index (χ0n) is 10.2. The Balaban J connectivity index is 2.33. The molecule has 1 unspecified atom stereocenters. The number of hydrogen-bond donors (Lipinski definition) is 1. The molecule has 0 aliphatic carbocycles. The molecule has 0 saturated carbocycles. The molecule has 0 aliphatic rings. The van der Waals surface area contributed by atoms with Crippen molar-refractivity contribution >= 4 is 29.0 Å². The summed E-state index contributed by atoms with van der Waals surface area (Å²) in [6.45, 7) is 2.12. The number of rotatable bonds is 5. The number of benzene rings is 1. The Labute approximate surface area is 110 Å². The van der Waals surface area contributed by atoms with Gasteiger partial charge in [0.2, 0.25) is 0 Å². The zero-order chi connectivity index (χ0) is 13.0. The third-order valence-electron chi connectivity index (χ3n) is 2.66. The van der Waals surface area contributed by atoms with Crippen LogP contribution in [0.4, 0.5) is 0 Å². The molecule has 1 aromatic carbocycles. The predicted octanol–water partition coefficient (Wildman–Crippen LogP) is 2.77.